The third kappa shape index (κ3) is 2.75. The van der Waals surface area contributed by atoms with Crippen LogP contribution in [0.15, 0.2) is 34.7 Å². The zero-order chi connectivity index (χ0) is 14.0. The van der Waals surface area contributed by atoms with E-state index in [-0.39, 0.29) is 0 Å². The molecule has 1 aliphatic rings. The Morgan fingerprint density at radius 1 is 1.25 bits per heavy atom. The first-order valence-corrected chi connectivity index (χ1v) is 7.26. The molecule has 1 aromatic carbocycles. The Balaban J connectivity index is 1.64. The predicted octanol–water partition coefficient (Wildman–Crippen LogP) is 3.40. The number of rotatable bonds is 4. The minimum atomic E-state index is 0.363. The standard InChI is InChI=1S/C16H21N3O/c1-16(2)10-6-9-13(16)17-11-14-18-19-15(20-14)12-7-4-3-5-8-12/h3-5,7-8,13,17H,6,9-11H2,1-2H3. The van der Waals surface area contributed by atoms with Crippen molar-refractivity contribution < 1.29 is 4.42 Å². The fraction of sp³-hybridized carbons (Fsp3) is 0.500. The van der Waals surface area contributed by atoms with Gasteiger partial charge in [0.1, 0.15) is 0 Å². The van der Waals surface area contributed by atoms with E-state index in [0.29, 0.717) is 29.8 Å². The van der Waals surface area contributed by atoms with Crippen LogP contribution in [0.4, 0.5) is 0 Å². The molecule has 0 amide bonds. The first-order chi connectivity index (χ1) is 9.65. The number of hydrogen-bond acceptors (Lipinski definition) is 4. The lowest BCUT2D eigenvalue weighted by Gasteiger charge is -2.27. The Bertz CT molecular complexity index is 562. The second-order valence-electron chi connectivity index (χ2n) is 6.18. The molecule has 0 radical (unpaired) electrons. The first-order valence-electron chi connectivity index (χ1n) is 7.26. The van der Waals surface area contributed by atoms with Crippen molar-refractivity contribution in [1.29, 1.82) is 0 Å². The Morgan fingerprint density at radius 2 is 2.05 bits per heavy atom. The van der Waals surface area contributed by atoms with Crippen LogP contribution in [0.3, 0.4) is 0 Å². The third-order valence-electron chi connectivity index (χ3n) is 4.24. The molecular formula is C16H21N3O. The van der Waals surface area contributed by atoms with Crippen LogP contribution in [0.25, 0.3) is 11.5 Å². The summed E-state index contributed by atoms with van der Waals surface area (Å²) in [4.78, 5) is 0. The van der Waals surface area contributed by atoms with Gasteiger partial charge in [-0.05, 0) is 30.4 Å². The zero-order valence-corrected chi connectivity index (χ0v) is 12.1. The van der Waals surface area contributed by atoms with Crippen molar-refractivity contribution >= 4 is 0 Å². The molecule has 3 rings (SSSR count). The molecule has 2 aromatic rings. The minimum absolute atomic E-state index is 0.363. The van der Waals surface area contributed by atoms with Gasteiger partial charge in [-0.25, -0.2) is 0 Å². The summed E-state index contributed by atoms with van der Waals surface area (Å²) in [6, 6.07) is 10.4. The predicted molar refractivity (Wildman–Crippen MR) is 78.0 cm³/mol. The smallest absolute Gasteiger partial charge is 0.247 e. The summed E-state index contributed by atoms with van der Waals surface area (Å²) in [5, 5.41) is 11.8. The van der Waals surface area contributed by atoms with Gasteiger partial charge in [-0.2, -0.15) is 0 Å². The van der Waals surface area contributed by atoms with Crippen LogP contribution in [0, 0.1) is 5.41 Å². The van der Waals surface area contributed by atoms with Gasteiger partial charge >= 0.3 is 0 Å². The van der Waals surface area contributed by atoms with E-state index >= 15 is 0 Å². The number of aromatic nitrogens is 2. The Kier molecular flexibility index (Phi) is 3.57. The van der Waals surface area contributed by atoms with E-state index in [4.69, 9.17) is 4.42 Å². The maximum atomic E-state index is 5.71. The molecule has 20 heavy (non-hydrogen) atoms. The summed E-state index contributed by atoms with van der Waals surface area (Å²) >= 11 is 0. The van der Waals surface area contributed by atoms with E-state index in [1.807, 2.05) is 30.3 Å². The second-order valence-corrected chi connectivity index (χ2v) is 6.18. The molecule has 1 fully saturated rings. The monoisotopic (exact) mass is 271 g/mol. The van der Waals surface area contributed by atoms with Crippen LogP contribution in [0.1, 0.15) is 39.0 Å². The summed E-state index contributed by atoms with van der Waals surface area (Å²) in [6.07, 6.45) is 3.81. The highest BCUT2D eigenvalue weighted by molar-refractivity contribution is 5.51. The summed E-state index contributed by atoms with van der Waals surface area (Å²) in [5.74, 6) is 1.25. The van der Waals surface area contributed by atoms with Crippen LogP contribution in [0.5, 0.6) is 0 Å². The van der Waals surface area contributed by atoms with Gasteiger partial charge in [-0.15, -0.1) is 10.2 Å². The average Bonchev–Trinajstić information content (AvgIpc) is 3.04. The van der Waals surface area contributed by atoms with Crippen molar-refractivity contribution in [1.82, 2.24) is 15.5 Å². The average molecular weight is 271 g/mol. The van der Waals surface area contributed by atoms with Gasteiger partial charge in [0.25, 0.3) is 0 Å². The molecule has 106 valence electrons. The molecule has 0 aliphatic heterocycles. The number of nitrogens with zero attached hydrogens (tertiary/aromatic N) is 2. The maximum Gasteiger partial charge on any atom is 0.247 e. The van der Waals surface area contributed by atoms with Crippen LogP contribution >= 0.6 is 0 Å². The highest BCUT2D eigenvalue weighted by atomic mass is 16.4. The Hall–Kier alpha value is -1.68. The molecule has 4 nitrogen and oxygen atoms in total. The SMILES string of the molecule is CC1(C)CCCC1NCc1nnc(-c2ccccc2)o1. The van der Waals surface area contributed by atoms with E-state index in [9.17, 15) is 0 Å². The summed E-state index contributed by atoms with van der Waals surface area (Å²) in [6.45, 7) is 5.29. The fourth-order valence-corrected chi connectivity index (χ4v) is 2.94. The molecule has 1 saturated carbocycles. The van der Waals surface area contributed by atoms with Gasteiger partial charge in [0, 0.05) is 11.6 Å². The van der Waals surface area contributed by atoms with Gasteiger partial charge in [0.15, 0.2) is 0 Å². The lowest BCUT2D eigenvalue weighted by Crippen LogP contribution is -2.37. The Morgan fingerprint density at radius 3 is 2.75 bits per heavy atom. The van der Waals surface area contributed by atoms with Gasteiger partial charge in [0.05, 0.1) is 6.54 Å². The third-order valence-corrected chi connectivity index (χ3v) is 4.24. The number of nitrogens with one attached hydrogen (secondary N) is 1. The lowest BCUT2D eigenvalue weighted by molar-refractivity contribution is 0.275. The van der Waals surface area contributed by atoms with Crippen LogP contribution < -0.4 is 5.32 Å². The minimum Gasteiger partial charge on any atom is -0.419 e. The highest BCUT2D eigenvalue weighted by Gasteiger charge is 2.34. The molecule has 0 bridgehead atoms. The molecular weight excluding hydrogens is 250 g/mol. The van der Waals surface area contributed by atoms with Crippen molar-refractivity contribution in [3.05, 3.63) is 36.2 Å². The lowest BCUT2D eigenvalue weighted by atomic mass is 9.87. The molecule has 1 unspecified atom stereocenters. The molecule has 0 spiro atoms. The molecule has 4 heteroatoms. The number of benzene rings is 1. The van der Waals surface area contributed by atoms with E-state index in [1.54, 1.807) is 0 Å². The van der Waals surface area contributed by atoms with Gasteiger partial charge < -0.3 is 9.73 Å². The normalized spacial score (nSPS) is 21.2. The topological polar surface area (TPSA) is 51.0 Å². The summed E-state index contributed by atoms with van der Waals surface area (Å²) < 4.78 is 5.71. The van der Waals surface area contributed by atoms with Gasteiger partial charge in [-0.1, -0.05) is 38.5 Å². The summed E-state index contributed by atoms with van der Waals surface area (Å²) in [7, 11) is 0. The molecule has 1 heterocycles. The molecule has 1 aromatic heterocycles. The molecule has 1 aliphatic carbocycles. The van der Waals surface area contributed by atoms with E-state index < -0.39 is 0 Å². The van der Waals surface area contributed by atoms with Crippen molar-refractivity contribution in [2.75, 3.05) is 0 Å². The van der Waals surface area contributed by atoms with Crippen molar-refractivity contribution in [2.24, 2.45) is 5.41 Å². The zero-order valence-electron chi connectivity index (χ0n) is 12.1. The number of hydrogen-bond donors (Lipinski definition) is 1. The summed E-state index contributed by atoms with van der Waals surface area (Å²) in [5.41, 5.74) is 1.33. The van der Waals surface area contributed by atoms with Crippen LogP contribution in [-0.2, 0) is 6.54 Å². The first kappa shape index (κ1) is 13.3. The van der Waals surface area contributed by atoms with E-state index in [1.165, 1.54) is 19.3 Å². The fourth-order valence-electron chi connectivity index (χ4n) is 2.94. The molecule has 1 atom stereocenters. The second kappa shape index (κ2) is 5.37. The van der Waals surface area contributed by atoms with Crippen LogP contribution in [-0.4, -0.2) is 16.2 Å². The quantitative estimate of drug-likeness (QED) is 0.926. The van der Waals surface area contributed by atoms with Crippen molar-refractivity contribution in [3.63, 3.8) is 0 Å². The van der Waals surface area contributed by atoms with Crippen LogP contribution in [0.2, 0.25) is 0 Å². The van der Waals surface area contributed by atoms with Gasteiger partial charge in [-0.3, -0.25) is 0 Å². The van der Waals surface area contributed by atoms with Gasteiger partial charge in [0.2, 0.25) is 11.8 Å². The van der Waals surface area contributed by atoms with Crippen molar-refractivity contribution in [2.45, 2.75) is 45.7 Å². The Labute approximate surface area is 119 Å². The van der Waals surface area contributed by atoms with E-state index in [0.717, 1.165) is 5.56 Å². The van der Waals surface area contributed by atoms with Crippen molar-refractivity contribution in [3.8, 4) is 11.5 Å². The molecule has 1 N–H and O–H groups in total. The maximum absolute atomic E-state index is 5.71. The molecule has 0 saturated heterocycles. The largest absolute Gasteiger partial charge is 0.419 e. The van der Waals surface area contributed by atoms with E-state index in [2.05, 4.69) is 29.4 Å². The highest BCUT2D eigenvalue weighted by Crippen LogP contribution is 2.37.